The van der Waals surface area contributed by atoms with E-state index in [-0.39, 0.29) is 23.8 Å². The van der Waals surface area contributed by atoms with E-state index in [9.17, 15) is 0 Å². The number of ether oxygens (including phenoxy) is 4. The predicted molar refractivity (Wildman–Crippen MR) is 83.4 cm³/mol. The third-order valence-corrected chi connectivity index (χ3v) is 4.28. The van der Waals surface area contributed by atoms with Gasteiger partial charge in [0.25, 0.3) is 0 Å². The molecule has 0 amide bonds. The van der Waals surface area contributed by atoms with Crippen molar-refractivity contribution in [3.05, 3.63) is 35.4 Å². The van der Waals surface area contributed by atoms with Crippen LogP contribution < -0.4 is 0 Å². The Morgan fingerprint density at radius 2 is 1.09 bits per heavy atom. The number of benzene rings is 1. The zero-order valence-electron chi connectivity index (χ0n) is 13.9. The maximum atomic E-state index is 5.99. The molecule has 2 fully saturated rings. The van der Waals surface area contributed by atoms with Crippen molar-refractivity contribution in [1.29, 1.82) is 0 Å². The summed E-state index contributed by atoms with van der Waals surface area (Å²) in [6, 6.07) is 8.15. The molecule has 0 bridgehead atoms. The molecule has 122 valence electrons. The van der Waals surface area contributed by atoms with Crippen LogP contribution in [0.3, 0.4) is 0 Å². The Hall–Kier alpha value is -0.940. The minimum atomic E-state index is -0.289. The van der Waals surface area contributed by atoms with E-state index in [0.29, 0.717) is 0 Å². The molecule has 0 radical (unpaired) electrons. The molecule has 0 N–H and O–H groups in total. The quantitative estimate of drug-likeness (QED) is 0.824. The van der Waals surface area contributed by atoms with Crippen molar-refractivity contribution < 1.29 is 18.9 Å². The summed E-state index contributed by atoms with van der Waals surface area (Å²) < 4.78 is 23.5. The molecule has 0 aliphatic carbocycles. The molecule has 2 unspecified atom stereocenters. The highest BCUT2D eigenvalue weighted by Gasteiger charge is 2.32. The molecule has 4 heteroatoms. The van der Waals surface area contributed by atoms with Crippen LogP contribution in [0.4, 0.5) is 0 Å². The highest BCUT2D eigenvalue weighted by Crippen LogP contribution is 2.35. The second-order valence-corrected chi connectivity index (χ2v) is 7.33. The summed E-state index contributed by atoms with van der Waals surface area (Å²) in [6.45, 7) is 9.85. The first-order valence-corrected chi connectivity index (χ1v) is 8.03. The van der Waals surface area contributed by atoms with Gasteiger partial charge in [-0.1, -0.05) is 24.3 Å². The van der Waals surface area contributed by atoms with Gasteiger partial charge in [0.05, 0.1) is 24.4 Å². The second kappa shape index (κ2) is 5.93. The van der Waals surface area contributed by atoms with Crippen LogP contribution in [0.25, 0.3) is 0 Å². The molecule has 2 saturated heterocycles. The van der Waals surface area contributed by atoms with Crippen molar-refractivity contribution in [2.24, 2.45) is 0 Å². The SMILES string of the molecule is CC1(C)CCOC(c2ccc(C3OCCC(C)(C)O3)cc2)O1. The smallest absolute Gasteiger partial charge is 0.184 e. The Labute approximate surface area is 132 Å². The van der Waals surface area contributed by atoms with Crippen molar-refractivity contribution in [3.63, 3.8) is 0 Å². The van der Waals surface area contributed by atoms with Gasteiger partial charge in [0.1, 0.15) is 0 Å². The first-order chi connectivity index (χ1) is 10.3. The van der Waals surface area contributed by atoms with Crippen molar-refractivity contribution in [3.8, 4) is 0 Å². The Morgan fingerprint density at radius 1 is 0.727 bits per heavy atom. The van der Waals surface area contributed by atoms with Gasteiger partial charge in [-0.15, -0.1) is 0 Å². The highest BCUT2D eigenvalue weighted by molar-refractivity contribution is 5.25. The lowest BCUT2D eigenvalue weighted by molar-refractivity contribution is -0.251. The average Bonchev–Trinajstić information content (AvgIpc) is 2.45. The largest absolute Gasteiger partial charge is 0.348 e. The van der Waals surface area contributed by atoms with Crippen molar-refractivity contribution in [2.75, 3.05) is 13.2 Å². The Morgan fingerprint density at radius 3 is 1.41 bits per heavy atom. The van der Waals surface area contributed by atoms with Crippen LogP contribution in [0.2, 0.25) is 0 Å². The molecule has 1 aromatic carbocycles. The van der Waals surface area contributed by atoms with Crippen LogP contribution in [-0.2, 0) is 18.9 Å². The van der Waals surface area contributed by atoms with Gasteiger partial charge in [0.15, 0.2) is 12.6 Å². The highest BCUT2D eigenvalue weighted by atomic mass is 16.7. The van der Waals surface area contributed by atoms with E-state index >= 15 is 0 Å². The van der Waals surface area contributed by atoms with Crippen LogP contribution in [0, 0.1) is 0 Å². The lowest BCUT2D eigenvalue weighted by Crippen LogP contribution is -2.35. The van der Waals surface area contributed by atoms with Gasteiger partial charge < -0.3 is 18.9 Å². The molecule has 1 aromatic rings. The van der Waals surface area contributed by atoms with Crippen molar-refractivity contribution >= 4 is 0 Å². The van der Waals surface area contributed by atoms with Crippen molar-refractivity contribution in [2.45, 2.75) is 64.3 Å². The minimum Gasteiger partial charge on any atom is -0.348 e. The normalized spacial score (nSPS) is 30.9. The molecular weight excluding hydrogens is 280 g/mol. The van der Waals surface area contributed by atoms with Crippen LogP contribution in [-0.4, -0.2) is 24.4 Å². The van der Waals surface area contributed by atoms with Gasteiger partial charge in [-0.25, -0.2) is 0 Å². The average molecular weight is 306 g/mol. The molecule has 0 saturated carbocycles. The summed E-state index contributed by atoms with van der Waals surface area (Å²) >= 11 is 0. The maximum absolute atomic E-state index is 5.99. The van der Waals surface area contributed by atoms with Crippen LogP contribution in [0.5, 0.6) is 0 Å². The summed E-state index contributed by atoms with van der Waals surface area (Å²) in [5.41, 5.74) is 1.79. The molecule has 0 aromatic heterocycles. The van der Waals surface area contributed by atoms with Gasteiger partial charge >= 0.3 is 0 Å². The third-order valence-electron chi connectivity index (χ3n) is 4.28. The van der Waals surface area contributed by atoms with Crippen LogP contribution in [0.1, 0.15) is 64.2 Å². The van der Waals surface area contributed by atoms with E-state index in [1.165, 1.54) is 0 Å². The fourth-order valence-corrected chi connectivity index (χ4v) is 2.73. The fourth-order valence-electron chi connectivity index (χ4n) is 2.73. The van der Waals surface area contributed by atoms with Crippen LogP contribution >= 0.6 is 0 Å². The number of rotatable bonds is 2. The summed E-state index contributed by atoms with van der Waals surface area (Å²) in [7, 11) is 0. The van der Waals surface area contributed by atoms with E-state index in [1.54, 1.807) is 0 Å². The predicted octanol–water partition coefficient (Wildman–Crippen LogP) is 4.11. The van der Waals surface area contributed by atoms with E-state index in [4.69, 9.17) is 18.9 Å². The topological polar surface area (TPSA) is 36.9 Å². The molecule has 2 aliphatic heterocycles. The van der Waals surface area contributed by atoms with Gasteiger partial charge in [-0.2, -0.15) is 0 Å². The summed E-state index contributed by atoms with van der Waals surface area (Å²) in [4.78, 5) is 0. The standard InChI is InChI=1S/C18H26O4/c1-17(2)9-11-19-15(21-17)13-5-7-14(8-6-13)16-20-12-10-18(3,4)22-16/h5-8,15-16H,9-12H2,1-4H3. The van der Waals surface area contributed by atoms with Gasteiger partial charge in [-0.05, 0) is 40.5 Å². The molecule has 2 heterocycles. The minimum absolute atomic E-state index is 0.138. The molecule has 0 spiro atoms. The van der Waals surface area contributed by atoms with E-state index in [0.717, 1.165) is 37.2 Å². The molecular formula is C18H26O4. The zero-order valence-corrected chi connectivity index (χ0v) is 13.9. The fraction of sp³-hybridized carbons (Fsp3) is 0.667. The number of hydrogen-bond donors (Lipinski definition) is 0. The Kier molecular flexibility index (Phi) is 4.29. The monoisotopic (exact) mass is 306 g/mol. The lowest BCUT2D eigenvalue weighted by Gasteiger charge is -2.37. The molecule has 22 heavy (non-hydrogen) atoms. The van der Waals surface area contributed by atoms with Gasteiger partial charge in [0, 0.05) is 11.1 Å². The summed E-state index contributed by atoms with van der Waals surface area (Å²) in [5.74, 6) is 0. The molecule has 3 rings (SSSR count). The first kappa shape index (κ1) is 15.9. The van der Waals surface area contributed by atoms with Gasteiger partial charge in [0.2, 0.25) is 0 Å². The third kappa shape index (κ3) is 3.69. The Balaban J connectivity index is 1.70. The first-order valence-electron chi connectivity index (χ1n) is 8.03. The summed E-state index contributed by atoms with van der Waals surface area (Å²) in [5, 5.41) is 0. The second-order valence-electron chi connectivity index (χ2n) is 7.33. The van der Waals surface area contributed by atoms with E-state index in [1.807, 2.05) is 24.3 Å². The van der Waals surface area contributed by atoms with Gasteiger partial charge in [-0.3, -0.25) is 0 Å². The van der Waals surface area contributed by atoms with Crippen molar-refractivity contribution in [1.82, 2.24) is 0 Å². The molecule has 2 atom stereocenters. The van der Waals surface area contributed by atoms with Crippen LogP contribution in [0.15, 0.2) is 24.3 Å². The van der Waals surface area contributed by atoms with E-state index < -0.39 is 0 Å². The lowest BCUT2D eigenvalue weighted by atomic mass is 10.0. The maximum Gasteiger partial charge on any atom is 0.184 e. The zero-order chi connectivity index (χ0) is 15.8. The Bertz CT molecular complexity index is 459. The summed E-state index contributed by atoms with van der Waals surface area (Å²) in [6.07, 6.45) is 1.26. The van der Waals surface area contributed by atoms with E-state index in [2.05, 4.69) is 27.7 Å². The molecule has 4 nitrogen and oxygen atoms in total. The number of hydrogen-bond acceptors (Lipinski definition) is 4. The molecule has 2 aliphatic rings.